The van der Waals surface area contributed by atoms with Crippen LogP contribution in [0.3, 0.4) is 0 Å². The summed E-state index contributed by atoms with van der Waals surface area (Å²) in [5.74, 6) is 0. The van der Waals surface area contributed by atoms with Crippen molar-refractivity contribution in [3.63, 3.8) is 0 Å². The van der Waals surface area contributed by atoms with E-state index in [0.29, 0.717) is 0 Å². The fraction of sp³-hybridized carbons (Fsp3) is 0.444. The largest absolute Gasteiger partial charge is 0.248 e. The van der Waals surface area contributed by atoms with Crippen LogP contribution in [0.2, 0.25) is 0 Å². The summed E-state index contributed by atoms with van der Waals surface area (Å²) in [5, 5.41) is 0. The Morgan fingerprint density at radius 2 is 2.08 bits per heavy atom. The van der Waals surface area contributed by atoms with Crippen molar-refractivity contribution in [1.82, 2.24) is 4.98 Å². The van der Waals surface area contributed by atoms with Crippen LogP contribution in [0.1, 0.15) is 20.8 Å². The van der Waals surface area contributed by atoms with Crippen LogP contribution in [0.25, 0.3) is 0 Å². The second kappa shape index (κ2) is 3.79. The number of hydrogen-bond acceptors (Lipinski definition) is 2. The Bertz CT molecular complexity index is 267. The molecule has 0 amide bonds. The van der Waals surface area contributed by atoms with Crippen LogP contribution in [-0.4, -0.2) is 9.73 Å². The lowest BCUT2D eigenvalue weighted by Crippen LogP contribution is -2.06. The maximum Gasteiger partial charge on any atom is 0.119 e. The zero-order chi connectivity index (χ0) is 9.19. The second-order valence-electron chi connectivity index (χ2n) is 3.51. The highest BCUT2D eigenvalue weighted by Crippen LogP contribution is 2.35. The van der Waals surface area contributed by atoms with E-state index in [1.807, 2.05) is 17.8 Å². The maximum absolute atomic E-state index is 4.16. The third-order valence-corrected chi connectivity index (χ3v) is 3.20. The Labute approximate surface area is 86.1 Å². The van der Waals surface area contributed by atoms with Gasteiger partial charge >= 0.3 is 0 Å². The number of thioether (sulfide) groups is 1. The first-order chi connectivity index (χ1) is 5.49. The zero-order valence-corrected chi connectivity index (χ0v) is 9.87. The predicted octanol–water partition coefficient (Wildman–Crippen LogP) is 3.73. The molecule has 0 saturated carbocycles. The van der Waals surface area contributed by atoms with E-state index in [4.69, 9.17) is 0 Å². The first-order valence-corrected chi connectivity index (χ1v) is 5.39. The van der Waals surface area contributed by atoms with Gasteiger partial charge in [0.1, 0.15) is 4.60 Å². The molecule has 0 radical (unpaired) electrons. The normalized spacial score (nSPS) is 11.7. The predicted molar refractivity (Wildman–Crippen MR) is 57.5 cm³/mol. The van der Waals surface area contributed by atoms with Gasteiger partial charge in [0.15, 0.2) is 0 Å². The van der Waals surface area contributed by atoms with Crippen LogP contribution in [0.4, 0.5) is 0 Å². The molecule has 0 N–H and O–H groups in total. The minimum absolute atomic E-state index is 0.242. The average molecular weight is 246 g/mol. The Balaban J connectivity index is 2.83. The number of pyridine rings is 1. The Hall–Kier alpha value is -0.0200. The van der Waals surface area contributed by atoms with Gasteiger partial charge in [0.25, 0.3) is 0 Å². The molecule has 12 heavy (non-hydrogen) atoms. The lowest BCUT2D eigenvalue weighted by molar-refractivity contribution is 0.801. The summed E-state index contributed by atoms with van der Waals surface area (Å²) >= 11 is 5.23. The standard InChI is InChI=1S/C9H12BrNS/c1-9(2,3)12-7-5-4-6-11-8(7)10/h4-6H,1-3H3. The zero-order valence-electron chi connectivity index (χ0n) is 7.47. The number of aromatic nitrogens is 1. The molecule has 0 aliphatic heterocycles. The van der Waals surface area contributed by atoms with Crippen LogP contribution in [0, 0.1) is 0 Å². The molecule has 3 heteroatoms. The van der Waals surface area contributed by atoms with Crippen LogP contribution < -0.4 is 0 Å². The van der Waals surface area contributed by atoms with Crippen molar-refractivity contribution in [2.45, 2.75) is 30.4 Å². The van der Waals surface area contributed by atoms with E-state index >= 15 is 0 Å². The fourth-order valence-corrected chi connectivity index (χ4v) is 2.21. The highest BCUT2D eigenvalue weighted by atomic mass is 79.9. The molecule has 1 heterocycles. The van der Waals surface area contributed by atoms with Gasteiger partial charge in [-0.3, -0.25) is 0 Å². The number of nitrogens with zero attached hydrogens (tertiary/aromatic N) is 1. The van der Waals surface area contributed by atoms with Gasteiger partial charge in [0, 0.05) is 15.8 Å². The van der Waals surface area contributed by atoms with Gasteiger partial charge in [0.05, 0.1) is 0 Å². The Kier molecular flexibility index (Phi) is 3.18. The fourth-order valence-electron chi connectivity index (χ4n) is 0.777. The van der Waals surface area contributed by atoms with Crippen molar-refractivity contribution in [3.8, 4) is 0 Å². The smallest absolute Gasteiger partial charge is 0.119 e. The molecule has 1 aromatic rings. The van der Waals surface area contributed by atoms with E-state index in [-0.39, 0.29) is 4.75 Å². The Morgan fingerprint density at radius 3 is 2.58 bits per heavy atom. The molecule has 0 fully saturated rings. The summed E-state index contributed by atoms with van der Waals surface area (Å²) in [6.45, 7) is 6.57. The van der Waals surface area contributed by atoms with Crippen molar-refractivity contribution >= 4 is 27.7 Å². The molecule has 0 spiro atoms. The van der Waals surface area contributed by atoms with Gasteiger partial charge in [0.2, 0.25) is 0 Å². The second-order valence-corrected chi connectivity index (χ2v) is 6.13. The molecule has 1 rings (SSSR count). The summed E-state index contributed by atoms with van der Waals surface area (Å²) in [6, 6.07) is 4.03. The van der Waals surface area contributed by atoms with Gasteiger partial charge in [-0.25, -0.2) is 4.98 Å². The van der Waals surface area contributed by atoms with Crippen LogP contribution in [-0.2, 0) is 0 Å². The molecular weight excluding hydrogens is 234 g/mol. The molecule has 66 valence electrons. The van der Waals surface area contributed by atoms with Gasteiger partial charge in [-0.15, -0.1) is 11.8 Å². The molecule has 1 aromatic heterocycles. The van der Waals surface area contributed by atoms with Crippen molar-refractivity contribution in [3.05, 3.63) is 22.9 Å². The summed E-state index contributed by atoms with van der Waals surface area (Å²) in [4.78, 5) is 5.36. The lowest BCUT2D eigenvalue weighted by atomic mass is 10.3. The van der Waals surface area contributed by atoms with Gasteiger partial charge < -0.3 is 0 Å². The van der Waals surface area contributed by atoms with Crippen LogP contribution in [0.15, 0.2) is 27.8 Å². The topological polar surface area (TPSA) is 12.9 Å². The molecule has 0 aliphatic carbocycles. The van der Waals surface area contributed by atoms with E-state index < -0.39 is 0 Å². The van der Waals surface area contributed by atoms with Crippen molar-refractivity contribution in [1.29, 1.82) is 0 Å². The number of rotatable bonds is 1. The van der Waals surface area contributed by atoms with Crippen molar-refractivity contribution in [2.24, 2.45) is 0 Å². The minimum Gasteiger partial charge on any atom is -0.248 e. The van der Waals surface area contributed by atoms with Crippen molar-refractivity contribution < 1.29 is 0 Å². The van der Waals surface area contributed by atoms with E-state index in [2.05, 4.69) is 47.8 Å². The van der Waals surface area contributed by atoms with Gasteiger partial charge in [-0.2, -0.15) is 0 Å². The lowest BCUT2D eigenvalue weighted by Gasteiger charge is -2.17. The first kappa shape index (κ1) is 10.1. The molecule has 0 atom stereocenters. The van der Waals surface area contributed by atoms with Crippen molar-refractivity contribution in [2.75, 3.05) is 0 Å². The molecule has 0 saturated heterocycles. The highest BCUT2D eigenvalue weighted by molar-refractivity contribution is 9.10. The third-order valence-electron chi connectivity index (χ3n) is 1.14. The van der Waals surface area contributed by atoms with Crippen LogP contribution >= 0.6 is 27.7 Å². The molecule has 0 bridgehead atoms. The monoisotopic (exact) mass is 245 g/mol. The SMILES string of the molecule is CC(C)(C)Sc1cccnc1Br. The highest BCUT2D eigenvalue weighted by Gasteiger charge is 2.13. The Morgan fingerprint density at radius 1 is 1.42 bits per heavy atom. The third kappa shape index (κ3) is 3.15. The summed E-state index contributed by atoms with van der Waals surface area (Å²) in [5.41, 5.74) is 0. The summed E-state index contributed by atoms with van der Waals surface area (Å²) in [7, 11) is 0. The van der Waals surface area contributed by atoms with E-state index in [1.54, 1.807) is 6.20 Å². The van der Waals surface area contributed by atoms with E-state index in [9.17, 15) is 0 Å². The summed E-state index contributed by atoms with van der Waals surface area (Å²) in [6.07, 6.45) is 1.79. The quantitative estimate of drug-likeness (QED) is 0.553. The molecule has 0 aromatic carbocycles. The van der Waals surface area contributed by atoms with E-state index in [0.717, 1.165) is 4.60 Å². The summed E-state index contributed by atoms with van der Waals surface area (Å²) < 4.78 is 1.18. The number of hydrogen-bond donors (Lipinski definition) is 0. The molecule has 1 nitrogen and oxygen atoms in total. The van der Waals surface area contributed by atoms with Gasteiger partial charge in [-0.05, 0) is 28.1 Å². The minimum atomic E-state index is 0.242. The molecular formula is C9H12BrNS. The van der Waals surface area contributed by atoms with E-state index in [1.165, 1.54) is 4.90 Å². The van der Waals surface area contributed by atoms with Crippen LogP contribution in [0.5, 0.6) is 0 Å². The average Bonchev–Trinajstić information content (AvgIpc) is 1.91. The molecule has 0 aliphatic rings. The number of halogens is 1. The first-order valence-electron chi connectivity index (χ1n) is 3.78. The molecule has 0 unspecified atom stereocenters. The maximum atomic E-state index is 4.16. The van der Waals surface area contributed by atoms with Gasteiger partial charge in [-0.1, -0.05) is 20.8 Å².